The molecule has 4 nitrogen and oxygen atoms in total. The van der Waals surface area contributed by atoms with Crippen molar-refractivity contribution >= 4 is 104 Å². The van der Waals surface area contributed by atoms with Gasteiger partial charge in [0.2, 0.25) is 0 Å². The summed E-state index contributed by atoms with van der Waals surface area (Å²) in [5.41, 5.74) is 9.73. The number of rotatable bonds is 4. The Kier molecular flexibility index (Phi) is 6.02. The van der Waals surface area contributed by atoms with E-state index in [1.54, 1.807) is 0 Å². The Balaban J connectivity index is 1.24. The summed E-state index contributed by atoms with van der Waals surface area (Å²) in [6.07, 6.45) is 0. The molecule has 12 aromatic rings. The van der Waals surface area contributed by atoms with Gasteiger partial charge in [-0.25, -0.2) is 0 Å². The van der Waals surface area contributed by atoms with Gasteiger partial charge in [-0.2, -0.15) is 0 Å². The molecular weight excluding hydrogens is 661 g/mol. The van der Waals surface area contributed by atoms with E-state index in [1.807, 2.05) is 0 Å². The zero-order chi connectivity index (χ0) is 35.3. The number of nitrogens with zero attached hydrogens (tertiary/aromatic N) is 2. The van der Waals surface area contributed by atoms with Gasteiger partial charge in [0.15, 0.2) is 11.2 Å². The summed E-state index contributed by atoms with van der Waals surface area (Å²) < 4.78 is 16.5. The number of para-hydroxylation sites is 4. The van der Waals surface area contributed by atoms with Gasteiger partial charge in [0.1, 0.15) is 11.2 Å². The molecule has 54 heavy (non-hydrogen) atoms. The van der Waals surface area contributed by atoms with Crippen molar-refractivity contribution in [2.75, 3.05) is 4.90 Å². The molecule has 12 rings (SSSR count). The highest BCUT2D eigenvalue weighted by Crippen LogP contribution is 2.50. The third kappa shape index (κ3) is 4.02. The molecule has 0 N–H and O–H groups in total. The molecule has 0 radical (unpaired) electrons. The standard InChI is InChI=1S/C50H30N2O2/c1-2-15-33(16-3-1)51-41-22-9-8-19-40(41)46-42(51)23-12-24-43(46)52(44-25-10-20-36-38-29-27-31-13-4-6-17-34(31)47(38)53-49(36)44)45-26-11-21-37-39-30-28-32-14-5-7-18-35(32)48(39)54-50(37)45/h1-30H. The van der Waals surface area contributed by atoms with Gasteiger partial charge in [0.05, 0.1) is 28.1 Å². The minimum atomic E-state index is 0.825. The number of fused-ring (bicyclic) bond motifs is 13. The van der Waals surface area contributed by atoms with E-state index in [0.29, 0.717) is 0 Å². The van der Waals surface area contributed by atoms with Crippen LogP contribution in [0.15, 0.2) is 191 Å². The number of anilines is 3. The summed E-state index contributed by atoms with van der Waals surface area (Å²) >= 11 is 0. The maximum atomic E-state index is 7.05. The Morgan fingerprint density at radius 2 is 0.778 bits per heavy atom. The molecular formula is C50H30N2O2. The molecule has 0 bridgehead atoms. The summed E-state index contributed by atoms with van der Waals surface area (Å²) in [4.78, 5) is 2.36. The van der Waals surface area contributed by atoms with E-state index < -0.39 is 0 Å². The van der Waals surface area contributed by atoms with Gasteiger partial charge in [-0.15, -0.1) is 0 Å². The zero-order valence-corrected chi connectivity index (χ0v) is 29.0. The number of aromatic nitrogens is 1. The van der Waals surface area contributed by atoms with Crippen LogP contribution in [0.4, 0.5) is 17.1 Å². The topological polar surface area (TPSA) is 34.5 Å². The average molecular weight is 691 g/mol. The van der Waals surface area contributed by atoms with Crippen LogP contribution in [-0.2, 0) is 0 Å². The Hall–Kier alpha value is -7.30. The number of hydrogen-bond donors (Lipinski definition) is 0. The van der Waals surface area contributed by atoms with Crippen molar-refractivity contribution in [2.24, 2.45) is 0 Å². The summed E-state index contributed by atoms with van der Waals surface area (Å²) in [5.74, 6) is 0. The van der Waals surface area contributed by atoms with Gasteiger partial charge in [-0.3, -0.25) is 0 Å². The summed E-state index contributed by atoms with van der Waals surface area (Å²) in [7, 11) is 0. The van der Waals surface area contributed by atoms with E-state index in [-0.39, 0.29) is 0 Å². The van der Waals surface area contributed by atoms with Crippen LogP contribution in [0.5, 0.6) is 0 Å². The first-order valence-corrected chi connectivity index (χ1v) is 18.4. The lowest BCUT2D eigenvalue weighted by molar-refractivity contribution is 0.670. The summed E-state index contributed by atoms with van der Waals surface area (Å²) in [6.45, 7) is 0. The molecule has 0 spiro atoms. The third-order valence-corrected chi connectivity index (χ3v) is 11.1. The Labute approximate surface area is 309 Å². The van der Waals surface area contributed by atoms with Gasteiger partial charge in [-0.05, 0) is 65.4 Å². The number of hydrogen-bond acceptors (Lipinski definition) is 3. The fourth-order valence-corrected chi connectivity index (χ4v) is 8.81. The smallest absolute Gasteiger partial charge is 0.159 e. The van der Waals surface area contributed by atoms with Crippen molar-refractivity contribution in [2.45, 2.75) is 0 Å². The Morgan fingerprint density at radius 1 is 0.315 bits per heavy atom. The molecule has 0 atom stereocenters. The van der Waals surface area contributed by atoms with Gasteiger partial charge >= 0.3 is 0 Å². The van der Waals surface area contributed by atoms with Gasteiger partial charge in [0.25, 0.3) is 0 Å². The third-order valence-electron chi connectivity index (χ3n) is 11.1. The minimum Gasteiger partial charge on any atom is -0.453 e. The highest BCUT2D eigenvalue weighted by atomic mass is 16.3. The largest absolute Gasteiger partial charge is 0.453 e. The molecule has 0 unspecified atom stereocenters. The van der Waals surface area contributed by atoms with E-state index in [2.05, 4.69) is 191 Å². The minimum absolute atomic E-state index is 0.825. The molecule has 3 heterocycles. The van der Waals surface area contributed by atoms with Crippen LogP contribution in [0.3, 0.4) is 0 Å². The Bertz CT molecular complexity index is 3310. The maximum Gasteiger partial charge on any atom is 0.159 e. The van der Waals surface area contributed by atoms with Gasteiger partial charge in [0, 0.05) is 48.8 Å². The van der Waals surface area contributed by atoms with E-state index in [9.17, 15) is 0 Å². The van der Waals surface area contributed by atoms with Crippen LogP contribution in [0.2, 0.25) is 0 Å². The fourth-order valence-electron chi connectivity index (χ4n) is 8.81. The van der Waals surface area contributed by atoms with Crippen LogP contribution in [0, 0.1) is 0 Å². The highest BCUT2D eigenvalue weighted by molar-refractivity contribution is 6.23. The molecule has 9 aromatic carbocycles. The van der Waals surface area contributed by atoms with E-state index in [0.717, 1.165) is 105 Å². The predicted octanol–water partition coefficient (Wildman–Crippen LogP) is 14.4. The molecule has 0 saturated carbocycles. The second kappa shape index (κ2) is 11.1. The lowest BCUT2D eigenvalue weighted by Gasteiger charge is -2.26. The highest BCUT2D eigenvalue weighted by Gasteiger charge is 2.27. The quantitative estimate of drug-likeness (QED) is 0.184. The SMILES string of the molecule is c1ccc(-n2c3ccccc3c3c(N(c4cccc5c4oc4c6ccccc6ccc54)c4cccc5c4oc4c6ccccc6ccc54)cccc32)cc1. The number of benzene rings is 9. The molecule has 0 saturated heterocycles. The number of furan rings is 2. The molecule has 0 fully saturated rings. The predicted molar refractivity (Wildman–Crippen MR) is 225 cm³/mol. The van der Waals surface area contributed by atoms with Gasteiger partial charge in [-0.1, -0.05) is 127 Å². The zero-order valence-electron chi connectivity index (χ0n) is 29.0. The van der Waals surface area contributed by atoms with E-state index in [4.69, 9.17) is 8.83 Å². The first-order chi connectivity index (χ1) is 26.8. The summed E-state index contributed by atoms with van der Waals surface area (Å²) in [6, 6.07) is 64.6. The molecule has 252 valence electrons. The van der Waals surface area contributed by atoms with Crippen molar-refractivity contribution in [3.05, 3.63) is 182 Å². The maximum absolute atomic E-state index is 7.05. The van der Waals surface area contributed by atoms with E-state index >= 15 is 0 Å². The van der Waals surface area contributed by atoms with Crippen LogP contribution < -0.4 is 4.90 Å². The lowest BCUT2D eigenvalue weighted by Crippen LogP contribution is -2.11. The van der Waals surface area contributed by atoms with Crippen LogP contribution >= 0.6 is 0 Å². The fraction of sp³-hybridized carbons (Fsp3) is 0. The second-order valence-corrected chi connectivity index (χ2v) is 14.0. The summed E-state index contributed by atoms with van der Waals surface area (Å²) in [5, 5.41) is 11.2. The van der Waals surface area contributed by atoms with Crippen molar-refractivity contribution in [3.63, 3.8) is 0 Å². The van der Waals surface area contributed by atoms with Crippen LogP contribution in [0.25, 0.3) is 92.9 Å². The molecule has 0 amide bonds. The molecule has 4 heteroatoms. The second-order valence-electron chi connectivity index (χ2n) is 14.0. The van der Waals surface area contributed by atoms with E-state index in [1.165, 1.54) is 5.39 Å². The first-order valence-electron chi connectivity index (χ1n) is 18.4. The van der Waals surface area contributed by atoms with Crippen LogP contribution in [-0.4, -0.2) is 4.57 Å². The first kappa shape index (κ1) is 29.3. The molecule has 0 aliphatic carbocycles. The van der Waals surface area contributed by atoms with Gasteiger partial charge < -0.3 is 18.3 Å². The van der Waals surface area contributed by atoms with Crippen molar-refractivity contribution in [3.8, 4) is 5.69 Å². The monoisotopic (exact) mass is 690 g/mol. The lowest BCUT2D eigenvalue weighted by atomic mass is 10.0. The normalized spacial score (nSPS) is 12.1. The van der Waals surface area contributed by atoms with Crippen molar-refractivity contribution in [1.82, 2.24) is 4.57 Å². The van der Waals surface area contributed by atoms with Crippen molar-refractivity contribution < 1.29 is 8.83 Å². The van der Waals surface area contributed by atoms with Crippen molar-refractivity contribution in [1.29, 1.82) is 0 Å². The molecule has 0 aliphatic rings. The molecule has 3 aromatic heterocycles. The van der Waals surface area contributed by atoms with Crippen LogP contribution in [0.1, 0.15) is 0 Å². The Morgan fingerprint density at radius 3 is 1.41 bits per heavy atom. The molecule has 0 aliphatic heterocycles. The average Bonchev–Trinajstić information content (AvgIpc) is 3.92.